The van der Waals surface area contributed by atoms with E-state index in [0.29, 0.717) is 6.04 Å². The minimum atomic E-state index is -0.154. The van der Waals surface area contributed by atoms with Gasteiger partial charge in [-0.3, -0.25) is 0 Å². The molecular formula is C12H26N2O. The summed E-state index contributed by atoms with van der Waals surface area (Å²) in [5.41, 5.74) is 0. The van der Waals surface area contributed by atoms with Crippen LogP contribution in [0.1, 0.15) is 39.5 Å². The van der Waals surface area contributed by atoms with Gasteiger partial charge in [0, 0.05) is 12.6 Å². The average Bonchev–Trinajstić information content (AvgIpc) is 2.27. The number of aliphatic hydroxyl groups is 1. The van der Waals surface area contributed by atoms with Gasteiger partial charge in [0.25, 0.3) is 0 Å². The summed E-state index contributed by atoms with van der Waals surface area (Å²) in [4.78, 5) is 2.49. The quantitative estimate of drug-likeness (QED) is 0.698. The minimum absolute atomic E-state index is 0.154. The summed E-state index contributed by atoms with van der Waals surface area (Å²) in [7, 11) is 0. The first-order valence-corrected chi connectivity index (χ1v) is 6.40. The second kappa shape index (κ2) is 7.20. The molecule has 0 bridgehead atoms. The van der Waals surface area contributed by atoms with Crippen LogP contribution in [0.25, 0.3) is 0 Å². The maximum Gasteiger partial charge on any atom is 0.0664 e. The van der Waals surface area contributed by atoms with E-state index >= 15 is 0 Å². The van der Waals surface area contributed by atoms with Crippen molar-refractivity contribution >= 4 is 0 Å². The molecule has 0 aromatic carbocycles. The molecule has 1 unspecified atom stereocenters. The SMILES string of the molecule is CCCC(O)CNC1CCN(CC)CC1. The van der Waals surface area contributed by atoms with E-state index in [1.54, 1.807) is 0 Å². The van der Waals surface area contributed by atoms with Crippen LogP contribution < -0.4 is 5.32 Å². The van der Waals surface area contributed by atoms with Gasteiger partial charge in [0.2, 0.25) is 0 Å². The van der Waals surface area contributed by atoms with Crippen LogP contribution in [-0.4, -0.2) is 48.3 Å². The second-order valence-corrected chi connectivity index (χ2v) is 4.56. The fraction of sp³-hybridized carbons (Fsp3) is 1.00. The fourth-order valence-corrected chi connectivity index (χ4v) is 2.19. The van der Waals surface area contributed by atoms with E-state index in [4.69, 9.17) is 0 Å². The lowest BCUT2D eigenvalue weighted by molar-refractivity contribution is 0.143. The van der Waals surface area contributed by atoms with Crippen molar-refractivity contribution in [1.82, 2.24) is 10.2 Å². The Labute approximate surface area is 93.9 Å². The molecule has 0 radical (unpaired) electrons. The first kappa shape index (κ1) is 12.9. The number of likely N-dealkylation sites (tertiary alicyclic amines) is 1. The van der Waals surface area contributed by atoms with Crippen molar-refractivity contribution in [3.63, 3.8) is 0 Å². The summed E-state index contributed by atoms with van der Waals surface area (Å²) in [6, 6.07) is 0.624. The Morgan fingerprint density at radius 1 is 1.33 bits per heavy atom. The lowest BCUT2D eigenvalue weighted by Gasteiger charge is -2.32. The molecule has 0 aliphatic carbocycles. The minimum Gasteiger partial charge on any atom is -0.392 e. The molecule has 0 amide bonds. The van der Waals surface area contributed by atoms with Crippen LogP contribution in [0.3, 0.4) is 0 Å². The number of hydrogen-bond donors (Lipinski definition) is 2. The van der Waals surface area contributed by atoms with Gasteiger partial charge in [-0.1, -0.05) is 20.3 Å². The van der Waals surface area contributed by atoms with E-state index in [1.165, 1.54) is 32.5 Å². The molecule has 1 rings (SSSR count). The van der Waals surface area contributed by atoms with Crippen molar-refractivity contribution in [1.29, 1.82) is 0 Å². The van der Waals surface area contributed by atoms with Gasteiger partial charge in [-0.05, 0) is 38.9 Å². The highest BCUT2D eigenvalue weighted by Gasteiger charge is 2.17. The van der Waals surface area contributed by atoms with Crippen LogP contribution in [0.2, 0.25) is 0 Å². The Bertz CT molecular complexity index is 156. The number of aliphatic hydroxyl groups excluding tert-OH is 1. The lowest BCUT2D eigenvalue weighted by atomic mass is 10.0. The van der Waals surface area contributed by atoms with Crippen LogP contribution in [0.5, 0.6) is 0 Å². The maximum absolute atomic E-state index is 9.61. The Morgan fingerprint density at radius 2 is 2.00 bits per heavy atom. The highest BCUT2D eigenvalue weighted by Crippen LogP contribution is 2.09. The number of piperidine rings is 1. The van der Waals surface area contributed by atoms with Gasteiger partial charge in [0.05, 0.1) is 6.10 Å². The van der Waals surface area contributed by atoms with E-state index in [9.17, 15) is 5.11 Å². The zero-order valence-electron chi connectivity index (χ0n) is 10.2. The summed E-state index contributed by atoms with van der Waals surface area (Å²) in [5, 5.41) is 13.1. The topological polar surface area (TPSA) is 35.5 Å². The number of hydrogen-bond acceptors (Lipinski definition) is 3. The van der Waals surface area contributed by atoms with Gasteiger partial charge in [-0.2, -0.15) is 0 Å². The predicted molar refractivity (Wildman–Crippen MR) is 64.1 cm³/mol. The van der Waals surface area contributed by atoms with Crippen molar-refractivity contribution in [3.8, 4) is 0 Å². The molecule has 1 heterocycles. The van der Waals surface area contributed by atoms with Crippen LogP contribution in [0.15, 0.2) is 0 Å². The molecule has 0 aromatic heterocycles. The summed E-state index contributed by atoms with van der Waals surface area (Å²) < 4.78 is 0. The molecule has 3 nitrogen and oxygen atoms in total. The number of nitrogens with one attached hydrogen (secondary N) is 1. The van der Waals surface area contributed by atoms with E-state index in [-0.39, 0.29) is 6.10 Å². The van der Waals surface area contributed by atoms with Gasteiger partial charge >= 0.3 is 0 Å². The van der Waals surface area contributed by atoms with Gasteiger partial charge in [0.1, 0.15) is 0 Å². The molecule has 1 aliphatic heterocycles. The zero-order valence-corrected chi connectivity index (χ0v) is 10.2. The molecular weight excluding hydrogens is 188 g/mol. The highest BCUT2D eigenvalue weighted by molar-refractivity contribution is 4.77. The Kier molecular flexibility index (Phi) is 6.22. The zero-order chi connectivity index (χ0) is 11.1. The summed E-state index contributed by atoms with van der Waals surface area (Å²) in [6.07, 6.45) is 4.29. The highest BCUT2D eigenvalue weighted by atomic mass is 16.3. The average molecular weight is 214 g/mol. The largest absolute Gasteiger partial charge is 0.392 e. The second-order valence-electron chi connectivity index (χ2n) is 4.56. The summed E-state index contributed by atoms with van der Waals surface area (Å²) in [5.74, 6) is 0. The molecule has 0 saturated carbocycles. The third-order valence-electron chi connectivity index (χ3n) is 3.30. The first-order chi connectivity index (χ1) is 7.26. The van der Waals surface area contributed by atoms with Crippen LogP contribution in [-0.2, 0) is 0 Å². The Hall–Kier alpha value is -0.120. The van der Waals surface area contributed by atoms with E-state index in [1.807, 2.05) is 0 Å². The van der Waals surface area contributed by atoms with Crippen molar-refractivity contribution in [2.75, 3.05) is 26.2 Å². The van der Waals surface area contributed by atoms with Gasteiger partial charge in [0.15, 0.2) is 0 Å². The summed E-state index contributed by atoms with van der Waals surface area (Å²) >= 11 is 0. The van der Waals surface area contributed by atoms with Crippen molar-refractivity contribution in [2.24, 2.45) is 0 Å². The van der Waals surface area contributed by atoms with Gasteiger partial charge in [-0.25, -0.2) is 0 Å². The monoisotopic (exact) mass is 214 g/mol. The van der Waals surface area contributed by atoms with Gasteiger partial charge < -0.3 is 15.3 Å². The molecule has 2 N–H and O–H groups in total. The van der Waals surface area contributed by atoms with E-state index in [0.717, 1.165) is 19.4 Å². The number of rotatable bonds is 6. The van der Waals surface area contributed by atoms with E-state index < -0.39 is 0 Å². The van der Waals surface area contributed by atoms with Crippen LogP contribution in [0.4, 0.5) is 0 Å². The molecule has 1 saturated heterocycles. The molecule has 15 heavy (non-hydrogen) atoms. The first-order valence-electron chi connectivity index (χ1n) is 6.40. The van der Waals surface area contributed by atoms with Crippen LogP contribution >= 0.6 is 0 Å². The standard InChI is InChI=1S/C12H26N2O/c1-3-5-12(15)10-13-11-6-8-14(4-2)9-7-11/h11-13,15H,3-10H2,1-2H3. The third kappa shape index (κ3) is 4.96. The Morgan fingerprint density at radius 3 is 2.53 bits per heavy atom. The molecule has 1 aliphatic rings. The maximum atomic E-state index is 9.61. The van der Waals surface area contributed by atoms with Gasteiger partial charge in [-0.15, -0.1) is 0 Å². The molecule has 0 aromatic rings. The lowest BCUT2D eigenvalue weighted by Crippen LogP contribution is -2.44. The van der Waals surface area contributed by atoms with Crippen LogP contribution in [0, 0.1) is 0 Å². The Balaban J connectivity index is 2.08. The molecule has 0 spiro atoms. The summed E-state index contributed by atoms with van der Waals surface area (Å²) in [6.45, 7) is 8.69. The normalized spacial score (nSPS) is 21.8. The van der Waals surface area contributed by atoms with Crippen molar-refractivity contribution in [2.45, 2.75) is 51.7 Å². The molecule has 90 valence electrons. The molecule has 1 atom stereocenters. The smallest absolute Gasteiger partial charge is 0.0664 e. The number of nitrogens with zero attached hydrogens (tertiary/aromatic N) is 1. The fourth-order valence-electron chi connectivity index (χ4n) is 2.19. The molecule has 3 heteroatoms. The predicted octanol–water partition coefficient (Wildman–Crippen LogP) is 1.22. The van der Waals surface area contributed by atoms with E-state index in [2.05, 4.69) is 24.1 Å². The van der Waals surface area contributed by atoms with Crippen molar-refractivity contribution in [3.05, 3.63) is 0 Å². The molecule has 1 fully saturated rings. The van der Waals surface area contributed by atoms with Crippen molar-refractivity contribution < 1.29 is 5.11 Å². The third-order valence-corrected chi connectivity index (χ3v) is 3.30.